The first kappa shape index (κ1) is 16.1. The summed E-state index contributed by atoms with van der Waals surface area (Å²) in [6, 6.07) is 17.2. The molecule has 4 rings (SSSR count). The second kappa shape index (κ2) is 6.50. The van der Waals surface area contributed by atoms with Crippen LogP contribution < -0.4 is 5.32 Å². The normalized spacial score (nSPS) is 20.4. The molecule has 1 aromatic heterocycles. The maximum atomic E-state index is 11.6. The molecular weight excluding hydrogens is 380 g/mol. The van der Waals surface area contributed by atoms with Gasteiger partial charge in [-0.05, 0) is 23.3 Å². The summed E-state index contributed by atoms with van der Waals surface area (Å²) in [4.78, 5) is 15.1. The summed E-state index contributed by atoms with van der Waals surface area (Å²) in [5.41, 5.74) is 4.19. The molecule has 5 heteroatoms. The lowest BCUT2D eigenvalue weighted by Crippen LogP contribution is -2.44. The number of rotatable bonds is 3. The molecule has 2 aromatic carbocycles. The summed E-state index contributed by atoms with van der Waals surface area (Å²) in [5, 5.41) is 13.9. The highest BCUT2D eigenvalue weighted by Crippen LogP contribution is 2.37. The Kier molecular flexibility index (Phi) is 4.19. The topological polar surface area (TPSA) is 65.1 Å². The van der Waals surface area contributed by atoms with Crippen molar-refractivity contribution in [2.75, 3.05) is 0 Å². The van der Waals surface area contributed by atoms with Gasteiger partial charge in [-0.15, -0.1) is 0 Å². The first-order valence-corrected chi connectivity index (χ1v) is 8.93. The van der Waals surface area contributed by atoms with Crippen molar-refractivity contribution in [3.8, 4) is 0 Å². The van der Waals surface area contributed by atoms with E-state index in [1.54, 1.807) is 0 Å². The van der Waals surface area contributed by atoms with E-state index in [-0.39, 0.29) is 6.04 Å². The molecular formula is C20H17BrN2O2. The molecule has 1 aliphatic heterocycles. The van der Waals surface area contributed by atoms with E-state index in [4.69, 9.17) is 0 Å². The molecule has 126 valence electrons. The van der Waals surface area contributed by atoms with Gasteiger partial charge >= 0.3 is 5.97 Å². The molecule has 0 spiro atoms. The third kappa shape index (κ3) is 3.01. The van der Waals surface area contributed by atoms with E-state index in [0.29, 0.717) is 6.42 Å². The molecule has 0 saturated carbocycles. The second-order valence-corrected chi connectivity index (χ2v) is 7.11. The average Bonchev–Trinajstić information content (AvgIpc) is 3.00. The molecule has 0 aliphatic carbocycles. The zero-order valence-electron chi connectivity index (χ0n) is 13.4. The SMILES string of the molecule is O=C(O)[C@H]1Cc2c([nH]c3ccccc23)[C@H](/C(Br)=C/c2ccccc2)N1. The van der Waals surface area contributed by atoms with E-state index >= 15 is 0 Å². The molecule has 0 radical (unpaired) electrons. The minimum atomic E-state index is -0.832. The van der Waals surface area contributed by atoms with Gasteiger partial charge in [0, 0.05) is 27.5 Å². The molecule has 3 aromatic rings. The summed E-state index contributed by atoms with van der Waals surface area (Å²) in [5.74, 6) is -0.832. The minimum absolute atomic E-state index is 0.225. The van der Waals surface area contributed by atoms with Crippen LogP contribution in [0.15, 0.2) is 59.1 Å². The van der Waals surface area contributed by atoms with Gasteiger partial charge in [0.1, 0.15) is 6.04 Å². The molecule has 0 saturated heterocycles. The first-order valence-electron chi connectivity index (χ1n) is 8.14. The highest BCUT2D eigenvalue weighted by Gasteiger charge is 2.34. The van der Waals surface area contributed by atoms with Crippen LogP contribution in [-0.4, -0.2) is 22.1 Å². The monoisotopic (exact) mass is 396 g/mol. The van der Waals surface area contributed by atoms with Crippen LogP contribution in [0.4, 0.5) is 0 Å². The molecule has 3 N–H and O–H groups in total. The largest absolute Gasteiger partial charge is 0.480 e. The zero-order valence-corrected chi connectivity index (χ0v) is 15.0. The van der Waals surface area contributed by atoms with E-state index < -0.39 is 12.0 Å². The lowest BCUT2D eigenvalue weighted by Gasteiger charge is -2.29. The van der Waals surface area contributed by atoms with Crippen LogP contribution in [0, 0.1) is 0 Å². The number of carbonyl (C=O) groups is 1. The smallest absolute Gasteiger partial charge is 0.321 e. The zero-order chi connectivity index (χ0) is 17.4. The standard InChI is InChI=1S/C20H17BrN2O2/c21-15(10-12-6-2-1-3-7-12)19-18-14(11-17(23-19)20(24)25)13-8-4-5-9-16(13)22-18/h1-10,17,19,22-23H,11H2,(H,24,25)/b15-10-/t17-,19+/m1/s1. The number of H-pyrrole nitrogens is 1. The van der Waals surface area contributed by atoms with Crippen molar-refractivity contribution in [2.45, 2.75) is 18.5 Å². The number of nitrogens with one attached hydrogen (secondary N) is 2. The van der Waals surface area contributed by atoms with Gasteiger partial charge in [-0.1, -0.05) is 64.5 Å². The van der Waals surface area contributed by atoms with Crippen molar-refractivity contribution < 1.29 is 9.90 Å². The van der Waals surface area contributed by atoms with Gasteiger partial charge in [0.25, 0.3) is 0 Å². The third-order valence-electron chi connectivity index (χ3n) is 4.59. The van der Waals surface area contributed by atoms with E-state index in [1.807, 2.05) is 60.7 Å². The highest BCUT2D eigenvalue weighted by molar-refractivity contribution is 9.11. The maximum absolute atomic E-state index is 11.6. The Balaban J connectivity index is 1.82. The van der Waals surface area contributed by atoms with Crippen LogP contribution in [0.5, 0.6) is 0 Å². The molecule has 2 atom stereocenters. The summed E-state index contributed by atoms with van der Waals surface area (Å²) >= 11 is 3.67. The van der Waals surface area contributed by atoms with Crippen LogP contribution in [0.25, 0.3) is 17.0 Å². The van der Waals surface area contributed by atoms with E-state index in [9.17, 15) is 9.90 Å². The molecule has 0 amide bonds. The Morgan fingerprint density at radius 1 is 1.12 bits per heavy atom. The number of aromatic nitrogens is 1. The van der Waals surface area contributed by atoms with Crippen LogP contribution in [0.3, 0.4) is 0 Å². The number of aliphatic carboxylic acids is 1. The van der Waals surface area contributed by atoms with Crippen molar-refractivity contribution in [3.05, 3.63) is 75.9 Å². The highest BCUT2D eigenvalue weighted by atomic mass is 79.9. The lowest BCUT2D eigenvalue weighted by atomic mass is 9.93. The molecule has 0 bridgehead atoms. The fraction of sp³-hybridized carbons (Fsp3) is 0.150. The Morgan fingerprint density at radius 3 is 2.60 bits per heavy atom. The number of hydrogen-bond acceptors (Lipinski definition) is 2. The summed E-state index contributed by atoms with van der Waals surface area (Å²) in [6.07, 6.45) is 2.49. The Labute approximate surface area is 153 Å². The number of para-hydroxylation sites is 1. The van der Waals surface area contributed by atoms with Crippen molar-refractivity contribution in [2.24, 2.45) is 0 Å². The first-order chi connectivity index (χ1) is 12.1. The Morgan fingerprint density at radius 2 is 1.84 bits per heavy atom. The number of hydrogen-bond donors (Lipinski definition) is 3. The number of benzene rings is 2. The Bertz CT molecular complexity index is 962. The molecule has 0 fully saturated rings. The van der Waals surface area contributed by atoms with E-state index in [1.165, 1.54) is 0 Å². The second-order valence-electron chi connectivity index (χ2n) is 6.20. The van der Waals surface area contributed by atoms with E-state index in [2.05, 4.69) is 26.2 Å². The summed E-state index contributed by atoms with van der Waals surface area (Å²) < 4.78 is 0.900. The average molecular weight is 397 g/mol. The molecule has 0 unspecified atom stereocenters. The van der Waals surface area contributed by atoms with Gasteiger partial charge in [-0.3, -0.25) is 10.1 Å². The van der Waals surface area contributed by atoms with Crippen LogP contribution in [-0.2, 0) is 11.2 Å². The van der Waals surface area contributed by atoms with Gasteiger partial charge in [0.15, 0.2) is 0 Å². The molecule has 1 aliphatic rings. The van der Waals surface area contributed by atoms with Crippen molar-refractivity contribution in [3.63, 3.8) is 0 Å². The molecule has 25 heavy (non-hydrogen) atoms. The number of fused-ring (bicyclic) bond motifs is 3. The number of carboxylic acids is 1. The lowest BCUT2D eigenvalue weighted by molar-refractivity contribution is -0.139. The van der Waals surface area contributed by atoms with Gasteiger partial charge in [-0.25, -0.2) is 0 Å². The third-order valence-corrected chi connectivity index (χ3v) is 5.28. The maximum Gasteiger partial charge on any atom is 0.321 e. The predicted molar refractivity (Wildman–Crippen MR) is 103 cm³/mol. The minimum Gasteiger partial charge on any atom is -0.480 e. The van der Waals surface area contributed by atoms with Crippen LogP contribution >= 0.6 is 15.9 Å². The molecule has 2 heterocycles. The number of aromatic amines is 1. The fourth-order valence-corrected chi connectivity index (χ4v) is 4.03. The number of halogens is 1. The summed E-state index contributed by atoms with van der Waals surface area (Å²) in [7, 11) is 0. The van der Waals surface area contributed by atoms with Crippen molar-refractivity contribution in [1.82, 2.24) is 10.3 Å². The predicted octanol–water partition coefficient (Wildman–Crippen LogP) is 4.24. The molecule has 4 nitrogen and oxygen atoms in total. The number of carboxylic acid groups (broad SMARTS) is 1. The van der Waals surface area contributed by atoms with Gasteiger partial charge in [0.2, 0.25) is 0 Å². The van der Waals surface area contributed by atoms with Crippen molar-refractivity contribution >= 4 is 38.9 Å². The quantitative estimate of drug-likeness (QED) is 0.619. The van der Waals surface area contributed by atoms with Crippen molar-refractivity contribution in [1.29, 1.82) is 0 Å². The van der Waals surface area contributed by atoms with Gasteiger partial charge < -0.3 is 10.1 Å². The van der Waals surface area contributed by atoms with Crippen LogP contribution in [0.2, 0.25) is 0 Å². The van der Waals surface area contributed by atoms with Gasteiger partial charge in [0.05, 0.1) is 6.04 Å². The fourth-order valence-electron chi connectivity index (χ4n) is 3.40. The van der Waals surface area contributed by atoms with Gasteiger partial charge in [-0.2, -0.15) is 0 Å². The summed E-state index contributed by atoms with van der Waals surface area (Å²) in [6.45, 7) is 0. The Hall–Kier alpha value is -2.37. The van der Waals surface area contributed by atoms with Crippen LogP contribution in [0.1, 0.15) is 22.9 Å². The van der Waals surface area contributed by atoms with E-state index in [0.717, 1.165) is 32.2 Å².